The zero-order valence-corrected chi connectivity index (χ0v) is 17.6. The fourth-order valence-electron chi connectivity index (χ4n) is 3.45. The van der Waals surface area contributed by atoms with Gasteiger partial charge in [0.15, 0.2) is 0 Å². The summed E-state index contributed by atoms with van der Waals surface area (Å²) in [5.74, 6) is -0.388. The summed E-state index contributed by atoms with van der Waals surface area (Å²) < 4.78 is 41.5. The van der Waals surface area contributed by atoms with Crippen LogP contribution in [0.4, 0.5) is 19.0 Å². The number of hydrogen-bond donors (Lipinski definition) is 2. The van der Waals surface area contributed by atoms with Crippen molar-refractivity contribution in [1.29, 1.82) is 0 Å². The number of likely N-dealkylation sites (tertiary alicyclic amines) is 1. The van der Waals surface area contributed by atoms with Gasteiger partial charge >= 0.3 is 6.36 Å². The third kappa shape index (κ3) is 7.23. The normalized spacial score (nSPS) is 15.2. The number of alkyl halides is 3. The molecule has 1 fully saturated rings. The number of hydrogen-bond acceptors (Lipinski definition) is 5. The molecule has 2 N–H and O–H groups in total. The lowest BCUT2D eigenvalue weighted by Gasteiger charge is -2.30. The lowest BCUT2D eigenvalue weighted by molar-refractivity contribution is -0.274. The molecule has 7 nitrogen and oxygen atoms in total. The lowest BCUT2D eigenvalue weighted by atomic mass is 9.96. The van der Waals surface area contributed by atoms with Gasteiger partial charge in [0.2, 0.25) is 11.8 Å². The highest BCUT2D eigenvalue weighted by atomic mass is 19.4. The van der Waals surface area contributed by atoms with Gasteiger partial charge in [-0.15, -0.1) is 13.2 Å². The monoisotopic (exact) mass is 450 g/mol. The number of carbonyl (C=O) groups is 2. The minimum Gasteiger partial charge on any atom is -0.405 e. The van der Waals surface area contributed by atoms with Gasteiger partial charge in [0, 0.05) is 24.2 Å². The number of benzene rings is 1. The fraction of sp³-hybridized carbons (Fsp3) is 0.409. The van der Waals surface area contributed by atoms with Crippen LogP contribution in [0.25, 0.3) is 0 Å². The van der Waals surface area contributed by atoms with E-state index in [1.165, 1.54) is 18.2 Å². The molecular formula is C22H25F3N4O3. The van der Waals surface area contributed by atoms with Crippen molar-refractivity contribution in [2.45, 2.75) is 32.7 Å². The van der Waals surface area contributed by atoms with Crippen LogP contribution < -0.4 is 15.4 Å². The Balaban J connectivity index is 1.42. The van der Waals surface area contributed by atoms with Crippen molar-refractivity contribution in [3.05, 3.63) is 53.7 Å². The first-order chi connectivity index (χ1) is 15.2. The van der Waals surface area contributed by atoms with E-state index in [9.17, 15) is 22.8 Å². The van der Waals surface area contributed by atoms with Crippen LogP contribution in [0.2, 0.25) is 0 Å². The Hall–Kier alpha value is -3.14. The van der Waals surface area contributed by atoms with E-state index in [0.717, 1.165) is 5.56 Å². The number of amides is 2. The number of piperidine rings is 1. The predicted molar refractivity (Wildman–Crippen MR) is 112 cm³/mol. The molecule has 2 aromatic rings. The number of halogens is 3. The van der Waals surface area contributed by atoms with Gasteiger partial charge in [-0.3, -0.25) is 14.5 Å². The van der Waals surface area contributed by atoms with Gasteiger partial charge in [-0.25, -0.2) is 4.98 Å². The molecule has 1 aliphatic heterocycles. The Kier molecular flexibility index (Phi) is 7.68. The molecule has 32 heavy (non-hydrogen) atoms. The van der Waals surface area contributed by atoms with E-state index in [1.54, 1.807) is 18.3 Å². The summed E-state index contributed by atoms with van der Waals surface area (Å²) in [5.41, 5.74) is 1.24. The number of aromatic nitrogens is 1. The first-order valence-electron chi connectivity index (χ1n) is 10.3. The highest BCUT2D eigenvalue weighted by Crippen LogP contribution is 2.26. The van der Waals surface area contributed by atoms with Gasteiger partial charge < -0.3 is 15.4 Å². The van der Waals surface area contributed by atoms with Crippen molar-refractivity contribution in [3.8, 4) is 5.75 Å². The van der Waals surface area contributed by atoms with Crippen molar-refractivity contribution in [3.63, 3.8) is 0 Å². The molecular weight excluding hydrogens is 425 g/mol. The molecule has 0 radical (unpaired) electrons. The Labute approximate surface area is 184 Å². The molecule has 10 heteroatoms. The molecule has 1 saturated heterocycles. The van der Waals surface area contributed by atoms with Crippen molar-refractivity contribution in [2.75, 3.05) is 25.0 Å². The second kappa shape index (κ2) is 10.4. The van der Waals surface area contributed by atoms with E-state index in [4.69, 9.17) is 0 Å². The van der Waals surface area contributed by atoms with Gasteiger partial charge in [-0.05, 0) is 50.6 Å². The van der Waals surface area contributed by atoms with Gasteiger partial charge in [0.05, 0.1) is 6.54 Å². The van der Waals surface area contributed by atoms with Crippen molar-refractivity contribution >= 4 is 17.6 Å². The molecule has 0 aliphatic carbocycles. The summed E-state index contributed by atoms with van der Waals surface area (Å²) in [5, 5.41) is 5.44. The molecule has 2 amide bonds. The Morgan fingerprint density at radius 1 is 1.16 bits per heavy atom. The number of nitrogens with one attached hydrogen (secondary N) is 2. The van der Waals surface area contributed by atoms with E-state index < -0.39 is 6.36 Å². The molecule has 0 bridgehead atoms. The Morgan fingerprint density at radius 2 is 1.88 bits per heavy atom. The summed E-state index contributed by atoms with van der Waals surface area (Å²) in [4.78, 5) is 30.8. The molecule has 1 aromatic heterocycles. The number of carbonyl (C=O) groups excluding carboxylic acids is 2. The smallest absolute Gasteiger partial charge is 0.405 e. The summed E-state index contributed by atoms with van der Waals surface area (Å²) in [7, 11) is 0. The van der Waals surface area contributed by atoms with E-state index in [-0.39, 0.29) is 42.1 Å². The molecule has 0 unspecified atom stereocenters. The van der Waals surface area contributed by atoms with E-state index in [1.807, 2.05) is 17.9 Å². The van der Waals surface area contributed by atoms with Crippen molar-refractivity contribution in [2.24, 2.45) is 5.92 Å². The van der Waals surface area contributed by atoms with Crippen LogP contribution in [0.15, 0.2) is 42.6 Å². The number of pyridine rings is 1. The Bertz CT molecular complexity index is 927. The maximum Gasteiger partial charge on any atom is 0.573 e. The fourth-order valence-corrected chi connectivity index (χ4v) is 3.45. The number of ether oxygens (including phenoxy) is 1. The largest absolute Gasteiger partial charge is 0.573 e. The number of rotatable bonds is 7. The predicted octanol–water partition coefficient (Wildman–Crippen LogP) is 3.26. The third-order valence-corrected chi connectivity index (χ3v) is 5.16. The Morgan fingerprint density at radius 3 is 2.53 bits per heavy atom. The van der Waals surface area contributed by atoms with Crippen LogP contribution >= 0.6 is 0 Å². The van der Waals surface area contributed by atoms with E-state index >= 15 is 0 Å². The second-order valence-corrected chi connectivity index (χ2v) is 7.69. The zero-order chi connectivity index (χ0) is 23.1. The van der Waals surface area contributed by atoms with Gasteiger partial charge in [-0.1, -0.05) is 24.3 Å². The molecule has 172 valence electrons. The minimum atomic E-state index is -4.80. The van der Waals surface area contributed by atoms with E-state index in [2.05, 4.69) is 20.4 Å². The summed E-state index contributed by atoms with van der Waals surface area (Å²) >= 11 is 0. The quantitative estimate of drug-likeness (QED) is 0.677. The number of para-hydroxylation sites is 1. The van der Waals surface area contributed by atoms with Crippen LogP contribution in [0.1, 0.15) is 24.0 Å². The van der Waals surface area contributed by atoms with Crippen LogP contribution in [-0.4, -0.2) is 47.7 Å². The average Bonchev–Trinajstić information content (AvgIpc) is 2.74. The summed E-state index contributed by atoms with van der Waals surface area (Å²) in [6, 6.07) is 9.31. The first-order valence-corrected chi connectivity index (χ1v) is 10.3. The minimum absolute atomic E-state index is 0.0759. The lowest BCUT2D eigenvalue weighted by Crippen LogP contribution is -2.43. The maximum atomic E-state index is 12.5. The number of anilines is 1. The van der Waals surface area contributed by atoms with Crippen LogP contribution in [0.3, 0.4) is 0 Å². The zero-order valence-electron chi connectivity index (χ0n) is 17.6. The number of aryl methyl sites for hydroxylation is 1. The van der Waals surface area contributed by atoms with Crippen molar-refractivity contribution in [1.82, 2.24) is 15.2 Å². The maximum absolute atomic E-state index is 12.5. The molecule has 0 saturated carbocycles. The molecule has 1 aromatic carbocycles. The van der Waals surface area contributed by atoms with Crippen LogP contribution in [0.5, 0.6) is 5.75 Å². The molecule has 2 heterocycles. The number of nitrogens with zero attached hydrogens (tertiary/aromatic N) is 2. The molecule has 0 atom stereocenters. The van der Waals surface area contributed by atoms with Gasteiger partial charge in [0.1, 0.15) is 11.6 Å². The molecule has 3 rings (SSSR count). The van der Waals surface area contributed by atoms with Crippen LogP contribution in [-0.2, 0) is 16.1 Å². The second-order valence-electron chi connectivity index (χ2n) is 7.69. The van der Waals surface area contributed by atoms with Gasteiger partial charge in [-0.2, -0.15) is 0 Å². The molecule has 0 spiro atoms. The van der Waals surface area contributed by atoms with Crippen LogP contribution in [0, 0.1) is 12.8 Å². The summed E-state index contributed by atoms with van der Waals surface area (Å²) in [6.45, 7) is 3.09. The summed E-state index contributed by atoms with van der Waals surface area (Å²) in [6.07, 6.45) is -1.91. The van der Waals surface area contributed by atoms with E-state index in [0.29, 0.717) is 31.7 Å². The topological polar surface area (TPSA) is 83.6 Å². The van der Waals surface area contributed by atoms with Crippen molar-refractivity contribution < 1.29 is 27.5 Å². The highest BCUT2D eigenvalue weighted by Gasteiger charge is 2.32. The standard InChI is InChI=1S/C22H25F3N4O3/c1-15-6-7-19(26-12-15)28-21(31)16-8-10-29(11-9-16)14-20(30)27-13-17-4-2-3-5-18(17)32-22(23,24)25/h2-7,12,16H,8-11,13-14H2,1H3,(H,27,30)(H,26,28,31). The first kappa shape index (κ1) is 23.5. The third-order valence-electron chi connectivity index (χ3n) is 5.16. The molecule has 1 aliphatic rings. The average molecular weight is 450 g/mol. The highest BCUT2D eigenvalue weighted by molar-refractivity contribution is 5.91. The van der Waals surface area contributed by atoms with Gasteiger partial charge in [0.25, 0.3) is 0 Å². The SMILES string of the molecule is Cc1ccc(NC(=O)C2CCN(CC(=O)NCc3ccccc3OC(F)(F)F)CC2)nc1.